The highest BCUT2D eigenvalue weighted by atomic mass is 16.5. The molecule has 0 bridgehead atoms. The molecule has 2 aromatic rings. The van der Waals surface area contributed by atoms with Crippen LogP contribution in [0.15, 0.2) is 54.6 Å². The lowest BCUT2D eigenvalue weighted by molar-refractivity contribution is -0.125. The number of nitrogens with zero attached hydrogens (tertiary/aromatic N) is 1. The second-order valence-electron chi connectivity index (χ2n) is 7.13. The highest BCUT2D eigenvalue weighted by Crippen LogP contribution is 2.36. The van der Waals surface area contributed by atoms with Crippen LogP contribution in [0.25, 0.3) is 0 Å². The largest absolute Gasteiger partial charge is 0.494 e. The van der Waals surface area contributed by atoms with Crippen molar-refractivity contribution in [3.05, 3.63) is 60.2 Å². The van der Waals surface area contributed by atoms with Crippen molar-refractivity contribution in [1.29, 1.82) is 0 Å². The molecule has 6 nitrogen and oxygen atoms in total. The summed E-state index contributed by atoms with van der Waals surface area (Å²) in [6.45, 7) is 10.4. The molecule has 0 saturated heterocycles. The number of amides is 2. The van der Waals surface area contributed by atoms with Crippen molar-refractivity contribution >= 4 is 23.2 Å². The van der Waals surface area contributed by atoms with E-state index in [9.17, 15) is 9.59 Å². The van der Waals surface area contributed by atoms with Gasteiger partial charge in [0.2, 0.25) is 5.91 Å². The number of carbonyl (C=O) groups excluding carboxylic acids is 2. The van der Waals surface area contributed by atoms with Gasteiger partial charge in [0.15, 0.2) is 6.10 Å². The zero-order chi connectivity index (χ0) is 21.0. The third kappa shape index (κ3) is 4.96. The van der Waals surface area contributed by atoms with Crippen LogP contribution in [-0.2, 0) is 16.0 Å². The molecule has 0 aliphatic carbocycles. The lowest BCUT2D eigenvalue weighted by Gasteiger charge is -2.33. The molecule has 0 aromatic heterocycles. The van der Waals surface area contributed by atoms with Gasteiger partial charge >= 0.3 is 0 Å². The minimum atomic E-state index is -0.554. The van der Waals surface area contributed by atoms with Crippen LogP contribution in [0.1, 0.15) is 26.3 Å². The summed E-state index contributed by atoms with van der Waals surface area (Å²) >= 11 is 0. The molecule has 0 radical (unpaired) electrons. The van der Waals surface area contributed by atoms with E-state index in [1.807, 2.05) is 38.1 Å². The van der Waals surface area contributed by atoms with E-state index in [2.05, 4.69) is 11.9 Å². The van der Waals surface area contributed by atoms with Gasteiger partial charge in [-0.3, -0.25) is 9.59 Å². The fraction of sp³-hybridized carbons (Fsp3) is 0.304. The summed E-state index contributed by atoms with van der Waals surface area (Å²) in [5.74, 6) is 1.13. The fourth-order valence-corrected chi connectivity index (χ4v) is 3.18. The second kappa shape index (κ2) is 8.82. The van der Waals surface area contributed by atoms with Gasteiger partial charge in [-0.2, -0.15) is 0 Å². The van der Waals surface area contributed by atoms with E-state index < -0.39 is 6.10 Å². The molecule has 1 heterocycles. The first-order valence-corrected chi connectivity index (χ1v) is 9.65. The van der Waals surface area contributed by atoms with Crippen LogP contribution < -0.4 is 19.7 Å². The average molecular weight is 394 g/mol. The van der Waals surface area contributed by atoms with E-state index in [0.717, 1.165) is 16.9 Å². The average Bonchev–Trinajstić information content (AvgIpc) is 2.67. The van der Waals surface area contributed by atoms with Crippen LogP contribution in [0.3, 0.4) is 0 Å². The van der Waals surface area contributed by atoms with E-state index in [0.29, 0.717) is 30.3 Å². The van der Waals surface area contributed by atoms with E-state index in [-0.39, 0.29) is 18.2 Å². The van der Waals surface area contributed by atoms with Gasteiger partial charge < -0.3 is 19.7 Å². The van der Waals surface area contributed by atoms with E-state index in [4.69, 9.17) is 9.47 Å². The number of rotatable bonds is 7. The molecule has 1 aliphatic heterocycles. The third-order valence-electron chi connectivity index (χ3n) is 4.48. The van der Waals surface area contributed by atoms with Crippen LogP contribution in [0, 0.1) is 0 Å². The van der Waals surface area contributed by atoms with Gasteiger partial charge in [-0.05, 0) is 56.7 Å². The van der Waals surface area contributed by atoms with Crippen LogP contribution in [0.2, 0.25) is 0 Å². The fourth-order valence-electron chi connectivity index (χ4n) is 3.18. The summed E-state index contributed by atoms with van der Waals surface area (Å²) in [6.07, 6.45) is -0.312. The standard InChI is InChI=1S/C23H26N2O4/c1-5-28-19-9-6-17(7-10-19)12-22(26)24-18-8-11-21-20(13-18)25(14-15(2)3)23(27)16(4)29-21/h6-11,13,16H,2,5,12,14H2,1,3-4H3,(H,24,26). The Labute approximate surface area is 171 Å². The number of nitrogens with one attached hydrogen (secondary N) is 1. The van der Waals surface area contributed by atoms with Gasteiger partial charge in [-0.25, -0.2) is 0 Å². The molecular weight excluding hydrogens is 368 g/mol. The summed E-state index contributed by atoms with van der Waals surface area (Å²) < 4.78 is 11.1. The Morgan fingerprint density at radius 1 is 1.24 bits per heavy atom. The smallest absolute Gasteiger partial charge is 0.268 e. The first kappa shape index (κ1) is 20.5. The maximum absolute atomic E-state index is 12.5. The number of hydrogen-bond acceptors (Lipinski definition) is 4. The Morgan fingerprint density at radius 3 is 2.62 bits per heavy atom. The third-order valence-corrected chi connectivity index (χ3v) is 4.48. The van der Waals surface area contributed by atoms with Crippen molar-refractivity contribution in [3.63, 3.8) is 0 Å². The number of ether oxygens (including phenoxy) is 2. The van der Waals surface area contributed by atoms with Crippen molar-refractivity contribution < 1.29 is 19.1 Å². The van der Waals surface area contributed by atoms with Gasteiger partial charge in [-0.15, -0.1) is 0 Å². The number of benzene rings is 2. The Balaban J connectivity index is 1.73. The minimum absolute atomic E-state index is 0.127. The zero-order valence-electron chi connectivity index (χ0n) is 17.0. The number of anilines is 2. The van der Waals surface area contributed by atoms with E-state index in [1.54, 1.807) is 30.0 Å². The minimum Gasteiger partial charge on any atom is -0.494 e. The predicted octanol–water partition coefficient (Wildman–Crippen LogP) is 3.96. The molecule has 0 spiro atoms. The van der Waals surface area contributed by atoms with Gasteiger partial charge in [0.25, 0.3) is 5.91 Å². The normalized spacial score (nSPS) is 15.3. The van der Waals surface area contributed by atoms with Gasteiger partial charge in [-0.1, -0.05) is 24.3 Å². The highest BCUT2D eigenvalue weighted by Gasteiger charge is 2.31. The summed E-state index contributed by atoms with van der Waals surface area (Å²) in [5.41, 5.74) is 3.00. The summed E-state index contributed by atoms with van der Waals surface area (Å²) in [4.78, 5) is 26.6. The predicted molar refractivity (Wildman–Crippen MR) is 114 cm³/mol. The zero-order valence-corrected chi connectivity index (χ0v) is 17.0. The van der Waals surface area contributed by atoms with E-state index in [1.165, 1.54) is 0 Å². The Hall–Kier alpha value is -3.28. The SMILES string of the molecule is C=C(C)CN1C(=O)C(C)Oc2ccc(NC(=O)Cc3ccc(OCC)cc3)cc21. The molecule has 152 valence electrons. The molecule has 2 amide bonds. The summed E-state index contributed by atoms with van der Waals surface area (Å²) in [5, 5.41) is 2.89. The van der Waals surface area contributed by atoms with Crippen molar-refractivity contribution in [3.8, 4) is 11.5 Å². The molecule has 3 rings (SSSR count). The molecule has 0 fully saturated rings. The second-order valence-corrected chi connectivity index (χ2v) is 7.13. The molecule has 29 heavy (non-hydrogen) atoms. The topological polar surface area (TPSA) is 67.9 Å². The lowest BCUT2D eigenvalue weighted by Crippen LogP contribution is -2.45. The lowest BCUT2D eigenvalue weighted by atomic mass is 10.1. The quantitative estimate of drug-likeness (QED) is 0.722. The number of hydrogen-bond donors (Lipinski definition) is 1. The van der Waals surface area contributed by atoms with Crippen molar-refractivity contribution in [2.24, 2.45) is 0 Å². The molecule has 2 aromatic carbocycles. The summed E-state index contributed by atoms with van der Waals surface area (Å²) in [7, 11) is 0. The molecule has 1 aliphatic rings. The molecule has 1 N–H and O–H groups in total. The van der Waals surface area contributed by atoms with Crippen LogP contribution in [0.4, 0.5) is 11.4 Å². The van der Waals surface area contributed by atoms with Crippen LogP contribution in [0.5, 0.6) is 11.5 Å². The highest BCUT2D eigenvalue weighted by molar-refractivity contribution is 6.01. The van der Waals surface area contributed by atoms with Gasteiger partial charge in [0.05, 0.1) is 18.7 Å². The number of fused-ring (bicyclic) bond motifs is 1. The molecule has 1 atom stereocenters. The number of carbonyl (C=O) groups is 2. The van der Waals surface area contributed by atoms with Gasteiger partial charge in [0, 0.05) is 12.2 Å². The first-order chi connectivity index (χ1) is 13.9. The van der Waals surface area contributed by atoms with Crippen molar-refractivity contribution in [1.82, 2.24) is 0 Å². The molecule has 0 saturated carbocycles. The summed E-state index contributed by atoms with van der Waals surface area (Å²) in [6, 6.07) is 12.8. The Kier molecular flexibility index (Phi) is 6.22. The molecule has 1 unspecified atom stereocenters. The van der Waals surface area contributed by atoms with E-state index >= 15 is 0 Å². The first-order valence-electron chi connectivity index (χ1n) is 9.65. The Morgan fingerprint density at radius 2 is 1.97 bits per heavy atom. The maximum Gasteiger partial charge on any atom is 0.268 e. The van der Waals surface area contributed by atoms with Crippen molar-refractivity contribution in [2.45, 2.75) is 33.3 Å². The van der Waals surface area contributed by atoms with Gasteiger partial charge in [0.1, 0.15) is 11.5 Å². The molecule has 6 heteroatoms. The monoisotopic (exact) mass is 394 g/mol. The Bertz CT molecular complexity index is 921. The van der Waals surface area contributed by atoms with Crippen LogP contribution in [-0.4, -0.2) is 31.1 Å². The molecular formula is C23H26N2O4. The van der Waals surface area contributed by atoms with Crippen molar-refractivity contribution in [2.75, 3.05) is 23.4 Å². The van der Waals surface area contributed by atoms with Crippen LogP contribution >= 0.6 is 0 Å². The maximum atomic E-state index is 12.5.